The zero-order valence-corrected chi connectivity index (χ0v) is 18.3. The molecule has 1 aliphatic heterocycles. The molecule has 0 saturated carbocycles. The molecule has 2 heterocycles. The molecule has 0 fully saturated rings. The van der Waals surface area contributed by atoms with Gasteiger partial charge in [-0.15, -0.1) is 5.10 Å². The predicted molar refractivity (Wildman–Crippen MR) is 118 cm³/mol. The van der Waals surface area contributed by atoms with E-state index in [1.165, 1.54) is 17.2 Å². The first-order valence-corrected chi connectivity index (χ1v) is 10.6. The van der Waals surface area contributed by atoms with Crippen LogP contribution < -0.4 is 4.90 Å². The van der Waals surface area contributed by atoms with Crippen molar-refractivity contribution in [2.45, 2.75) is 39.7 Å². The van der Waals surface area contributed by atoms with Crippen molar-refractivity contribution in [2.24, 2.45) is 0 Å². The Kier molecular flexibility index (Phi) is 6.12. The van der Waals surface area contributed by atoms with Gasteiger partial charge in [0.1, 0.15) is 11.6 Å². The van der Waals surface area contributed by atoms with Crippen LogP contribution in [0, 0.1) is 11.6 Å². The third kappa shape index (κ3) is 4.44. The highest BCUT2D eigenvalue weighted by Gasteiger charge is 2.22. The molecular weight excluding hydrogens is 412 g/mol. The van der Waals surface area contributed by atoms with Crippen molar-refractivity contribution in [3.05, 3.63) is 76.4 Å². The monoisotopic (exact) mass is 437 g/mol. The van der Waals surface area contributed by atoms with Crippen molar-refractivity contribution in [2.75, 3.05) is 18.0 Å². The van der Waals surface area contributed by atoms with Gasteiger partial charge in [-0.05, 0) is 61.2 Å². The second kappa shape index (κ2) is 8.98. The summed E-state index contributed by atoms with van der Waals surface area (Å²) in [6.07, 6.45) is 0.822. The molecule has 0 radical (unpaired) electrons. The van der Waals surface area contributed by atoms with Crippen molar-refractivity contribution < 1.29 is 13.6 Å². The molecule has 0 N–H and O–H groups in total. The van der Waals surface area contributed by atoms with E-state index < -0.39 is 23.0 Å². The number of nitrogens with zero attached hydrogens (tertiary/aromatic N) is 5. The van der Waals surface area contributed by atoms with Gasteiger partial charge >= 0.3 is 0 Å². The number of hydrogen-bond acceptors (Lipinski definition) is 5. The molecule has 8 heteroatoms. The molecular formula is C24H25F2N5O. The van der Waals surface area contributed by atoms with E-state index in [1.807, 2.05) is 38.1 Å². The standard InChI is InChI=1S/C24H25F2N5O/c1-15(2)31-28-24(27-29-31)30-12-11-16(3)19(14-30)18-9-7-17(8-10-18)13-22(32)23-20(25)5-4-6-21(23)26/h4-10,15H,11-14H2,1-3H3. The molecule has 2 aromatic carbocycles. The minimum absolute atomic E-state index is 0.0650. The summed E-state index contributed by atoms with van der Waals surface area (Å²) in [7, 11) is 0. The van der Waals surface area contributed by atoms with Crippen LogP contribution in [0.25, 0.3) is 5.57 Å². The van der Waals surface area contributed by atoms with Crippen LogP contribution in [-0.4, -0.2) is 39.1 Å². The normalized spacial score (nSPS) is 14.4. The summed E-state index contributed by atoms with van der Waals surface area (Å²) >= 11 is 0. The van der Waals surface area contributed by atoms with Gasteiger partial charge in [0.2, 0.25) is 0 Å². The molecule has 1 aliphatic rings. The van der Waals surface area contributed by atoms with Crippen LogP contribution in [0.5, 0.6) is 0 Å². The minimum atomic E-state index is -0.835. The highest BCUT2D eigenvalue weighted by atomic mass is 19.1. The lowest BCUT2D eigenvalue weighted by molar-refractivity contribution is 0.0985. The van der Waals surface area contributed by atoms with Gasteiger partial charge < -0.3 is 4.90 Å². The van der Waals surface area contributed by atoms with Crippen molar-refractivity contribution in [1.29, 1.82) is 0 Å². The Bertz CT molecular complexity index is 1150. The Morgan fingerprint density at radius 3 is 2.41 bits per heavy atom. The molecule has 0 aliphatic carbocycles. The van der Waals surface area contributed by atoms with Gasteiger partial charge in [-0.25, -0.2) is 8.78 Å². The van der Waals surface area contributed by atoms with E-state index in [1.54, 1.807) is 4.80 Å². The van der Waals surface area contributed by atoms with Gasteiger partial charge in [0, 0.05) is 19.5 Å². The van der Waals surface area contributed by atoms with E-state index in [9.17, 15) is 13.6 Å². The number of tetrazole rings is 1. The third-order valence-corrected chi connectivity index (χ3v) is 5.69. The number of rotatable bonds is 6. The van der Waals surface area contributed by atoms with Crippen molar-refractivity contribution in [3.63, 3.8) is 0 Å². The molecule has 1 aromatic heterocycles. The lowest BCUT2D eigenvalue weighted by atomic mass is 9.93. The van der Waals surface area contributed by atoms with E-state index in [4.69, 9.17) is 0 Å². The number of ketones is 1. The maximum absolute atomic E-state index is 13.9. The minimum Gasteiger partial charge on any atom is -0.334 e. The van der Waals surface area contributed by atoms with Crippen LogP contribution in [0.1, 0.15) is 54.7 Å². The smallest absolute Gasteiger partial charge is 0.266 e. The number of benzene rings is 2. The molecule has 32 heavy (non-hydrogen) atoms. The second-order valence-electron chi connectivity index (χ2n) is 8.33. The van der Waals surface area contributed by atoms with Gasteiger partial charge in [0.05, 0.1) is 11.6 Å². The number of carbonyl (C=O) groups is 1. The van der Waals surface area contributed by atoms with Gasteiger partial charge in [-0.1, -0.05) is 41.0 Å². The average molecular weight is 437 g/mol. The van der Waals surface area contributed by atoms with Crippen LogP contribution in [0.2, 0.25) is 0 Å². The Morgan fingerprint density at radius 2 is 1.78 bits per heavy atom. The highest BCUT2D eigenvalue weighted by Crippen LogP contribution is 2.28. The van der Waals surface area contributed by atoms with Crippen molar-refractivity contribution >= 4 is 17.3 Å². The number of halogens is 2. The lowest BCUT2D eigenvalue weighted by Gasteiger charge is -2.29. The van der Waals surface area contributed by atoms with Crippen LogP contribution in [0.15, 0.2) is 48.0 Å². The maximum Gasteiger partial charge on any atom is 0.266 e. The summed E-state index contributed by atoms with van der Waals surface area (Å²) in [5.41, 5.74) is 3.72. The molecule has 6 nitrogen and oxygen atoms in total. The van der Waals surface area contributed by atoms with Crippen molar-refractivity contribution in [1.82, 2.24) is 20.2 Å². The number of anilines is 1. The number of carbonyl (C=O) groups excluding carboxylic acids is 1. The zero-order valence-electron chi connectivity index (χ0n) is 18.3. The van der Waals surface area contributed by atoms with Gasteiger partial charge in [0.15, 0.2) is 5.78 Å². The fraction of sp³-hybridized carbons (Fsp3) is 0.333. The predicted octanol–water partition coefficient (Wildman–Crippen LogP) is 4.64. The SMILES string of the molecule is CC1=C(c2ccc(CC(=O)c3c(F)cccc3F)cc2)CN(c2nnn(C(C)C)n2)CC1. The molecule has 3 aromatic rings. The molecule has 0 saturated heterocycles. The molecule has 0 amide bonds. The van der Waals surface area contributed by atoms with E-state index in [2.05, 4.69) is 27.2 Å². The molecule has 0 unspecified atom stereocenters. The molecule has 0 bridgehead atoms. The fourth-order valence-corrected chi connectivity index (χ4v) is 3.79. The molecule has 0 atom stereocenters. The summed E-state index contributed by atoms with van der Waals surface area (Å²) in [5.74, 6) is -1.64. The summed E-state index contributed by atoms with van der Waals surface area (Å²) < 4.78 is 27.8. The van der Waals surface area contributed by atoms with Crippen LogP contribution in [0.4, 0.5) is 14.7 Å². The quantitative estimate of drug-likeness (QED) is 0.526. The number of aromatic nitrogens is 4. The second-order valence-corrected chi connectivity index (χ2v) is 8.33. The maximum atomic E-state index is 13.9. The van der Waals surface area contributed by atoms with E-state index in [0.717, 1.165) is 30.7 Å². The van der Waals surface area contributed by atoms with E-state index in [-0.39, 0.29) is 12.5 Å². The Balaban J connectivity index is 1.49. The van der Waals surface area contributed by atoms with E-state index >= 15 is 0 Å². The van der Waals surface area contributed by atoms with Gasteiger partial charge in [0.25, 0.3) is 5.95 Å². The van der Waals surface area contributed by atoms with E-state index in [0.29, 0.717) is 18.1 Å². The van der Waals surface area contributed by atoms with Gasteiger partial charge in [-0.3, -0.25) is 4.79 Å². The Morgan fingerprint density at radius 1 is 1.09 bits per heavy atom. The topological polar surface area (TPSA) is 63.9 Å². The summed E-state index contributed by atoms with van der Waals surface area (Å²) in [4.78, 5) is 16.1. The lowest BCUT2D eigenvalue weighted by Crippen LogP contribution is -2.31. The Labute approximate surface area is 185 Å². The first-order valence-electron chi connectivity index (χ1n) is 10.6. The molecule has 4 rings (SSSR count). The van der Waals surface area contributed by atoms with Gasteiger partial charge in [-0.2, -0.15) is 4.80 Å². The largest absolute Gasteiger partial charge is 0.334 e. The first kappa shape index (κ1) is 21.8. The number of hydrogen-bond donors (Lipinski definition) is 0. The highest BCUT2D eigenvalue weighted by molar-refractivity contribution is 5.98. The molecule has 0 spiro atoms. The fourth-order valence-electron chi connectivity index (χ4n) is 3.79. The third-order valence-electron chi connectivity index (χ3n) is 5.69. The van der Waals surface area contributed by atoms with Crippen LogP contribution in [0.3, 0.4) is 0 Å². The molecule has 166 valence electrons. The van der Waals surface area contributed by atoms with Crippen LogP contribution >= 0.6 is 0 Å². The Hall–Kier alpha value is -3.42. The first-order chi connectivity index (χ1) is 15.3. The van der Waals surface area contributed by atoms with Crippen LogP contribution in [-0.2, 0) is 6.42 Å². The summed E-state index contributed by atoms with van der Waals surface area (Å²) in [6.45, 7) is 7.60. The number of Topliss-reactive ketones (excluding diaryl/α,β-unsaturated/α-hetero) is 1. The van der Waals surface area contributed by atoms with Crippen molar-refractivity contribution in [3.8, 4) is 0 Å². The zero-order chi connectivity index (χ0) is 22.8. The summed E-state index contributed by atoms with van der Waals surface area (Å²) in [5, 5.41) is 12.8. The average Bonchev–Trinajstić information content (AvgIpc) is 3.25. The summed E-state index contributed by atoms with van der Waals surface area (Å²) in [6, 6.07) is 11.1.